The summed E-state index contributed by atoms with van der Waals surface area (Å²) in [7, 11) is 1.35. The number of carbonyl (C=O) groups is 1. The fraction of sp³-hybridized carbons (Fsp3) is 0.188. The zero-order valence-electron chi connectivity index (χ0n) is 11.5. The van der Waals surface area contributed by atoms with Gasteiger partial charge in [-0.2, -0.15) is 0 Å². The maximum absolute atomic E-state index is 12.0. The third-order valence-electron chi connectivity index (χ3n) is 3.08. The maximum atomic E-state index is 12.0. The van der Waals surface area contributed by atoms with E-state index in [2.05, 4.69) is 5.32 Å². The SMILES string of the molecule is COC(=O)C(NCc1ccccc1)c1cccc(Cl)c1Cl. The zero-order valence-corrected chi connectivity index (χ0v) is 13.0. The van der Waals surface area contributed by atoms with E-state index in [4.69, 9.17) is 27.9 Å². The molecule has 0 spiro atoms. The Balaban J connectivity index is 2.23. The van der Waals surface area contributed by atoms with E-state index in [-0.39, 0.29) is 0 Å². The van der Waals surface area contributed by atoms with Crippen LogP contribution < -0.4 is 5.32 Å². The number of rotatable bonds is 5. The van der Waals surface area contributed by atoms with E-state index in [0.717, 1.165) is 5.56 Å². The second-order valence-electron chi connectivity index (χ2n) is 4.47. The minimum absolute atomic E-state index is 0.357. The summed E-state index contributed by atoms with van der Waals surface area (Å²) in [6.45, 7) is 0.517. The Labute approximate surface area is 133 Å². The molecular weight excluding hydrogens is 309 g/mol. The van der Waals surface area contributed by atoms with Gasteiger partial charge in [0.1, 0.15) is 6.04 Å². The normalized spacial score (nSPS) is 12.0. The third kappa shape index (κ3) is 3.97. The fourth-order valence-electron chi connectivity index (χ4n) is 2.00. The fourth-order valence-corrected chi connectivity index (χ4v) is 2.41. The monoisotopic (exact) mass is 323 g/mol. The van der Waals surface area contributed by atoms with Gasteiger partial charge >= 0.3 is 5.97 Å². The molecule has 0 fully saturated rings. The molecule has 2 aromatic carbocycles. The molecule has 1 N–H and O–H groups in total. The topological polar surface area (TPSA) is 38.3 Å². The lowest BCUT2D eigenvalue weighted by molar-refractivity contribution is -0.143. The number of esters is 1. The van der Waals surface area contributed by atoms with E-state index in [9.17, 15) is 4.79 Å². The van der Waals surface area contributed by atoms with Crippen molar-refractivity contribution in [3.8, 4) is 0 Å². The predicted molar refractivity (Wildman–Crippen MR) is 84.5 cm³/mol. The van der Waals surface area contributed by atoms with Crippen molar-refractivity contribution < 1.29 is 9.53 Å². The van der Waals surface area contributed by atoms with Gasteiger partial charge in [-0.25, -0.2) is 4.79 Å². The van der Waals surface area contributed by atoms with Crippen molar-refractivity contribution in [1.82, 2.24) is 5.32 Å². The molecule has 0 aliphatic heterocycles. The zero-order chi connectivity index (χ0) is 15.2. The smallest absolute Gasteiger partial charge is 0.327 e. The molecule has 3 nitrogen and oxygen atoms in total. The maximum Gasteiger partial charge on any atom is 0.327 e. The minimum Gasteiger partial charge on any atom is -0.468 e. The number of benzene rings is 2. The molecule has 110 valence electrons. The molecular formula is C16H15Cl2NO2. The van der Waals surface area contributed by atoms with E-state index in [1.54, 1.807) is 18.2 Å². The lowest BCUT2D eigenvalue weighted by Gasteiger charge is -2.18. The largest absolute Gasteiger partial charge is 0.468 e. The highest BCUT2D eigenvalue weighted by Gasteiger charge is 2.24. The van der Waals surface area contributed by atoms with Crippen LogP contribution in [-0.2, 0) is 16.1 Å². The average Bonchev–Trinajstić information content (AvgIpc) is 2.52. The van der Waals surface area contributed by atoms with Gasteiger partial charge in [0.25, 0.3) is 0 Å². The van der Waals surface area contributed by atoms with E-state index < -0.39 is 12.0 Å². The van der Waals surface area contributed by atoms with Crippen molar-refractivity contribution in [2.75, 3.05) is 7.11 Å². The number of ether oxygens (including phenoxy) is 1. The van der Waals surface area contributed by atoms with Gasteiger partial charge in [0.2, 0.25) is 0 Å². The lowest BCUT2D eigenvalue weighted by Crippen LogP contribution is -2.29. The number of hydrogen-bond donors (Lipinski definition) is 1. The summed E-state index contributed by atoms with van der Waals surface area (Å²) in [5, 5.41) is 3.92. The molecule has 0 radical (unpaired) electrons. The highest BCUT2D eigenvalue weighted by molar-refractivity contribution is 6.42. The molecule has 1 atom stereocenters. The Morgan fingerprint density at radius 2 is 1.86 bits per heavy atom. The van der Waals surface area contributed by atoms with Crippen LogP contribution in [0.4, 0.5) is 0 Å². The van der Waals surface area contributed by atoms with Crippen LogP contribution in [-0.4, -0.2) is 13.1 Å². The molecule has 1 unspecified atom stereocenters. The number of hydrogen-bond acceptors (Lipinski definition) is 3. The van der Waals surface area contributed by atoms with Crippen molar-refractivity contribution in [2.45, 2.75) is 12.6 Å². The summed E-state index contributed by atoms with van der Waals surface area (Å²) >= 11 is 12.2. The molecule has 2 rings (SSSR count). The van der Waals surface area contributed by atoms with Gasteiger partial charge in [-0.15, -0.1) is 0 Å². The Morgan fingerprint density at radius 1 is 1.14 bits per heavy atom. The average molecular weight is 324 g/mol. The van der Waals surface area contributed by atoms with Crippen LogP contribution in [0.25, 0.3) is 0 Å². The van der Waals surface area contributed by atoms with E-state index in [0.29, 0.717) is 22.2 Å². The molecule has 0 saturated carbocycles. The Kier molecular flexibility index (Phi) is 5.62. The summed E-state index contributed by atoms with van der Waals surface area (Å²) in [5.74, 6) is -0.407. The van der Waals surface area contributed by atoms with Crippen LogP contribution >= 0.6 is 23.2 Å². The van der Waals surface area contributed by atoms with Crippen LogP contribution in [0.2, 0.25) is 10.0 Å². The first kappa shape index (κ1) is 15.8. The highest BCUT2D eigenvalue weighted by Crippen LogP contribution is 2.30. The lowest BCUT2D eigenvalue weighted by atomic mass is 10.1. The summed E-state index contributed by atoms with van der Waals surface area (Å²) in [4.78, 5) is 12.0. The first-order valence-electron chi connectivity index (χ1n) is 6.42. The van der Waals surface area contributed by atoms with Gasteiger partial charge in [-0.05, 0) is 11.6 Å². The summed E-state index contributed by atoms with van der Waals surface area (Å²) in [5.41, 5.74) is 1.66. The highest BCUT2D eigenvalue weighted by atomic mass is 35.5. The van der Waals surface area contributed by atoms with Gasteiger partial charge in [-0.3, -0.25) is 5.32 Å². The minimum atomic E-state index is -0.665. The van der Waals surface area contributed by atoms with Crippen LogP contribution in [0.15, 0.2) is 48.5 Å². The molecule has 2 aromatic rings. The Hall–Kier alpha value is -1.55. The second kappa shape index (κ2) is 7.46. The molecule has 21 heavy (non-hydrogen) atoms. The van der Waals surface area contributed by atoms with E-state index in [1.807, 2.05) is 30.3 Å². The van der Waals surface area contributed by atoms with Crippen molar-refractivity contribution in [3.05, 3.63) is 69.7 Å². The Bertz CT molecular complexity index is 617. The summed E-state index contributed by atoms with van der Waals surface area (Å²) in [6.07, 6.45) is 0. The third-order valence-corrected chi connectivity index (χ3v) is 3.92. The van der Waals surface area contributed by atoms with Gasteiger partial charge in [0, 0.05) is 12.1 Å². The second-order valence-corrected chi connectivity index (χ2v) is 5.25. The first-order chi connectivity index (χ1) is 10.1. The van der Waals surface area contributed by atoms with Crippen molar-refractivity contribution in [3.63, 3.8) is 0 Å². The van der Waals surface area contributed by atoms with Gasteiger partial charge in [0.15, 0.2) is 0 Å². The standard InChI is InChI=1S/C16H15Cl2NO2/c1-21-16(20)15(12-8-5-9-13(17)14(12)18)19-10-11-6-3-2-4-7-11/h2-9,15,19H,10H2,1H3. The number of methoxy groups -OCH3 is 1. The predicted octanol–water partition coefficient (Wildman–Crippen LogP) is 4.00. The molecule has 0 heterocycles. The molecule has 0 amide bonds. The van der Waals surface area contributed by atoms with Crippen molar-refractivity contribution >= 4 is 29.2 Å². The van der Waals surface area contributed by atoms with Crippen LogP contribution in [0, 0.1) is 0 Å². The van der Waals surface area contributed by atoms with Crippen molar-refractivity contribution in [1.29, 1.82) is 0 Å². The molecule has 0 saturated heterocycles. The van der Waals surface area contributed by atoms with Crippen LogP contribution in [0.1, 0.15) is 17.2 Å². The van der Waals surface area contributed by atoms with E-state index >= 15 is 0 Å². The Morgan fingerprint density at radius 3 is 2.52 bits per heavy atom. The molecule has 0 aliphatic carbocycles. The molecule has 5 heteroatoms. The molecule has 0 bridgehead atoms. The number of nitrogens with one attached hydrogen (secondary N) is 1. The summed E-state index contributed by atoms with van der Waals surface area (Å²) in [6, 6.07) is 14.3. The molecule has 0 aromatic heterocycles. The first-order valence-corrected chi connectivity index (χ1v) is 7.18. The van der Waals surface area contributed by atoms with Crippen molar-refractivity contribution in [2.24, 2.45) is 0 Å². The van der Waals surface area contributed by atoms with E-state index in [1.165, 1.54) is 7.11 Å². The number of halogens is 2. The number of carbonyl (C=O) groups excluding carboxylic acids is 1. The molecule has 0 aliphatic rings. The van der Waals surface area contributed by atoms with Crippen LogP contribution in [0.5, 0.6) is 0 Å². The quantitative estimate of drug-likeness (QED) is 0.845. The summed E-state index contributed by atoms with van der Waals surface area (Å²) < 4.78 is 4.85. The van der Waals surface area contributed by atoms with Gasteiger partial charge in [0.05, 0.1) is 17.2 Å². The van der Waals surface area contributed by atoms with Gasteiger partial charge in [-0.1, -0.05) is 65.7 Å². The van der Waals surface area contributed by atoms with Crippen LogP contribution in [0.3, 0.4) is 0 Å². The van der Waals surface area contributed by atoms with Gasteiger partial charge < -0.3 is 4.74 Å².